The van der Waals surface area contributed by atoms with Gasteiger partial charge in [0.1, 0.15) is 5.75 Å². The van der Waals surface area contributed by atoms with Crippen LogP contribution in [0.25, 0.3) is 0 Å². The third-order valence-electron chi connectivity index (χ3n) is 3.58. The summed E-state index contributed by atoms with van der Waals surface area (Å²) in [5.74, 6) is 0.629. The summed E-state index contributed by atoms with van der Waals surface area (Å²) in [6.45, 7) is 1.04. The molecule has 1 N–H and O–H groups in total. The van der Waals surface area contributed by atoms with Crippen molar-refractivity contribution in [2.45, 2.75) is 18.1 Å². The van der Waals surface area contributed by atoms with E-state index in [9.17, 15) is 8.42 Å². The summed E-state index contributed by atoms with van der Waals surface area (Å²) in [6, 6.07) is 3.57. The second-order valence-corrected chi connectivity index (χ2v) is 7.81. The van der Waals surface area contributed by atoms with Crippen LogP contribution in [0.2, 0.25) is 0 Å². The second-order valence-electron chi connectivity index (χ2n) is 4.95. The molecule has 0 saturated carbocycles. The highest BCUT2D eigenvalue weighted by Crippen LogP contribution is 2.29. The van der Waals surface area contributed by atoms with Crippen molar-refractivity contribution in [3.63, 3.8) is 0 Å². The van der Waals surface area contributed by atoms with Crippen LogP contribution >= 0.6 is 11.5 Å². The third kappa shape index (κ3) is 3.09. The van der Waals surface area contributed by atoms with Crippen LogP contribution in [0.3, 0.4) is 0 Å². The molecule has 1 unspecified atom stereocenters. The Labute approximate surface area is 127 Å². The van der Waals surface area contributed by atoms with E-state index in [0.29, 0.717) is 23.8 Å². The van der Waals surface area contributed by atoms with Crippen LogP contribution in [0.5, 0.6) is 5.88 Å². The molecule has 0 bridgehead atoms. The fourth-order valence-corrected chi connectivity index (χ4v) is 5.02. The van der Waals surface area contributed by atoms with Crippen molar-refractivity contribution in [3.05, 3.63) is 28.9 Å². The summed E-state index contributed by atoms with van der Waals surface area (Å²) < 4.78 is 35.5. The lowest BCUT2D eigenvalue weighted by molar-refractivity contribution is 0.402. The lowest BCUT2D eigenvalue weighted by atomic mass is 10.1. The minimum atomic E-state index is -3.32. The van der Waals surface area contributed by atoms with Crippen molar-refractivity contribution in [2.24, 2.45) is 0 Å². The first-order valence-corrected chi connectivity index (χ1v) is 8.93. The van der Waals surface area contributed by atoms with Crippen molar-refractivity contribution in [1.29, 1.82) is 0 Å². The van der Waals surface area contributed by atoms with Crippen molar-refractivity contribution in [3.8, 4) is 5.88 Å². The summed E-state index contributed by atoms with van der Waals surface area (Å²) in [6.07, 6.45) is 2.50. The zero-order valence-corrected chi connectivity index (χ0v) is 13.2. The summed E-state index contributed by atoms with van der Waals surface area (Å²) in [5, 5.41) is 6.84. The minimum Gasteiger partial charge on any atom is -0.480 e. The van der Waals surface area contributed by atoms with Crippen LogP contribution in [0.4, 0.5) is 0 Å². The maximum absolute atomic E-state index is 12.5. The van der Waals surface area contributed by atoms with Gasteiger partial charge >= 0.3 is 0 Å². The highest BCUT2D eigenvalue weighted by atomic mass is 32.2. The molecule has 1 aliphatic rings. The Morgan fingerprint density at radius 1 is 1.57 bits per heavy atom. The molecule has 0 aromatic carbocycles. The van der Waals surface area contributed by atoms with E-state index in [-0.39, 0.29) is 11.7 Å². The van der Waals surface area contributed by atoms with Gasteiger partial charge in [0.05, 0.1) is 7.11 Å². The number of sulfonamides is 1. The smallest absolute Gasteiger partial charge is 0.225 e. The second kappa shape index (κ2) is 5.74. The fourth-order valence-electron chi connectivity index (χ4n) is 2.46. The number of nitrogens with one attached hydrogen (secondary N) is 1. The van der Waals surface area contributed by atoms with Crippen LogP contribution in [0, 0.1) is 0 Å². The van der Waals surface area contributed by atoms with Crippen LogP contribution in [0.15, 0.2) is 18.3 Å². The van der Waals surface area contributed by atoms with Gasteiger partial charge in [0.2, 0.25) is 15.9 Å². The average Bonchev–Trinajstić information content (AvgIpc) is 3.19. The van der Waals surface area contributed by atoms with Crippen LogP contribution < -0.4 is 4.74 Å². The molecule has 1 aliphatic heterocycles. The van der Waals surface area contributed by atoms with Crippen LogP contribution in [-0.4, -0.2) is 47.5 Å². The number of aromatic amines is 1. The summed E-state index contributed by atoms with van der Waals surface area (Å²) in [5.41, 5.74) is 0.993. The molecule has 2 aromatic heterocycles. The maximum Gasteiger partial charge on any atom is 0.225 e. The Balaban J connectivity index is 1.68. The number of hydrogen-bond donors (Lipinski definition) is 1. The highest BCUT2D eigenvalue weighted by Gasteiger charge is 2.33. The number of H-pyrrole nitrogens is 1. The SMILES string of the molecule is COc1cc(CS(=O)(=O)N2CCC(c3ccn[nH]3)C2)sn1. The van der Waals surface area contributed by atoms with Crippen molar-refractivity contribution >= 4 is 21.6 Å². The molecule has 0 radical (unpaired) electrons. The first kappa shape index (κ1) is 14.5. The van der Waals surface area contributed by atoms with Crippen LogP contribution in [-0.2, 0) is 15.8 Å². The van der Waals surface area contributed by atoms with Gasteiger partial charge in [0.15, 0.2) is 0 Å². The zero-order valence-electron chi connectivity index (χ0n) is 11.5. The predicted molar refractivity (Wildman–Crippen MR) is 78.8 cm³/mol. The van der Waals surface area contributed by atoms with Gasteiger partial charge in [-0.2, -0.15) is 9.47 Å². The van der Waals surface area contributed by atoms with Gasteiger partial charge in [0.25, 0.3) is 0 Å². The van der Waals surface area contributed by atoms with Gasteiger partial charge in [0, 0.05) is 41.8 Å². The van der Waals surface area contributed by atoms with Crippen molar-refractivity contribution in [2.75, 3.05) is 20.2 Å². The Bertz CT molecular complexity index is 696. The summed E-state index contributed by atoms with van der Waals surface area (Å²) >= 11 is 1.16. The maximum atomic E-state index is 12.5. The van der Waals surface area contributed by atoms with Gasteiger partial charge in [-0.05, 0) is 24.0 Å². The normalized spacial score (nSPS) is 20.0. The summed E-state index contributed by atoms with van der Waals surface area (Å²) in [4.78, 5) is 0.692. The Kier molecular flexibility index (Phi) is 3.96. The Hall–Kier alpha value is -1.45. The fraction of sp³-hybridized carbons (Fsp3) is 0.500. The molecule has 3 rings (SSSR count). The molecule has 3 heterocycles. The molecule has 0 aliphatic carbocycles. The Morgan fingerprint density at radius 3 is 3.10 bits per heavy atom. The van der Waals surface area contributed by atoms with E-state index in [1.165, 1.54) is 7.11 Å². The standard InChI is InChI=1S/C12H16N4O3S2/c1-19-12-6-10(20-15-12)8-21(17,18)16-5-3-9(7-16)11-2-4-13-14-11/h2,4,6,9H,3,5,7-8H2,1H3,(H,13,14). The highest BCUT2D eigenvalue weighted by molar-refractivity contribution is 7.88. The molecule has 1 atom stereocenters. The lowest BCUT2D eigenvalue weighted by Gasteiger charge is -2.15. The molecular weight excluding hydrogens is 312 g/mol. The van der Waals surface area contributed by atoms with E-state index < -0.39 is 10.0 Å². The monoisotopic (exact) mass is 328 g/mol. The van der Waals surface area contributed by atoms with E-state index in [2.05, 4.69) is 14.6 Å². The number of nitrogens with zero attached hydrogens (tertiary/aromatic N) is 3. The molecule has 0 spiro atoms. The van der Waals surface area contributed by atoms with Crippen molar-refractivity contribution < 1.29 is 13.2 Å². The quantitative estimate of drug-likeness (QED) is 0.891. The number of aromatic nitrogens is 3. The largest absolute Gasteiger partial charge is 0.480 e. The van der Waals surface area contributed by atoms with Gasteiger partial charge in [-0.3, -0.25) is 5.10 Å². The van der Waals surface area contributed by atoms with Crippen LogP contribution in [0.1, 0.15) is 22.9 Å². The van der Waals surface area contributed by atoms with E-state index >= 15 is 0 Å². The topological polar surface area (TPSA) is 88.2 Å². The molecule has 1 fully saturated rings. The molecule has 9 heteroatoms. The average molecular weight is 328 g/mol. The third-order valence-corrected chi connectivity index (χ3v) is 6.32. The number of rotatable bonds is 5. The van der Waals surface area contributed by atoms with Gasteiger partial charge in [-0.25, -0.2) is 12.7 Å². The molecule has 2 aromatic rings. The van der Waals surface area contributed by atoms with Crippen molar-refractivity contribution in [1.82, 2.24) is 18.9 Å². The molecular formula is C12H16N4O3S2. The van der Waals surface area contributed by atoms with Gasteiger partial charge in [-0.1, -0.05) is 0 Å². The lowest BCUT2D eigenvalue weighted by Crippen LogP contribution is -2.29. The van der Waals surface area contributed by atoms with E-state index in [4.69, 9.17) is 4.74 Å². The first-order valence-electron chi connectivity index (χ1n) is 6.55. The van der Waals surface area contributed by atoms with E-state index in [1.54, 1.807) is 16.6 Å². The summed E-state index contributed by atoms with van der Waals surface area (Å²) in [7, 11) is -1.80. The molecule has 1 saturated heterocycles. The molecule has 7 nitrogen and oxygen atoms in total. The first-order chi connectivity index (χ1) is 10.1. The molecule has 21 heavy (non-hydrogen) atoms. The molecule has 0 amide bonds. The zero-order chi connectivity index (χ0) is 14.9. The predicted octanol–water partition coefficient (Wildman–Crippen LogP) is 1.19. The van der Waals surface area contributed by atoms with Gasteiger partial charge in [-0.15, -0.1) is 0 Å². The number of ether oxygens (including phenoxy) is 1. The molecule has 114 valence electrons. The van der Waals surface area contributed by atoms with Gasteiger partial charge < -0.3 is 4.74 Å². The number of methoxy groups -OCH3 is 1. The number of hydrogen-bond acceptors (Lipinski definition) is 6. The van der Waals surface area contributed by atoms with E-state index in [0.717, 1.165) is 23.6 Å². The van der Waals surface area contributed by atoms with E-state index in [1.807, 2.05) is 6.07 Å². The minimum absolute atomic E-state index is 0.0241. The Morgan fingerprint density at radius 2 is 2.43 bits per heavy atom.